The van der Waals surface area contributed by atoms with Crippen LogP contribution in [0.15, 0.2) is 53.4 Å². The van der Waals surface area contributed by atoms with Gasteiger partial charge >= 0.3 is 0 Å². The Morgan fingerprint density at radius 2 is 1.82 bits per heavy atom. The number of ether oxygens (including phenoxy) is 1. The Balaban J connectivity index is 1.52. The summed E-state index contributed by atoms with van der Waals surface area (Å²) in [5, 5.41) is 0. The molecule has 2 aromatic rings. The quantitative estimate of drug-likeness (QED) is 0.791. The molecule has 0 aromatic heterocycles. The number of carbonyl (C=O) groups is 1. The zero-order valence-electron chi connectivity index (χ0n) is 15.9. The van der Waals surface area contributed by atoms with Crippen LogP contribution < -0.4 is 9.64 Å². The van der Waals surface area contributed by atoms with E-state index < -0.39 is 10.0 Å². The number of carbonyl (C=O) groups excluding carboxylic acids is 1. The summed E-state index contributed by atoms with van der Waals surface area (Å²) in [5.41, 5.74) is 2.14. The van der Waals surface area contributed by atoms with Crippen molar-refractivity contribution in [3.05, 3.63) is 54.1 Å². The first-order chi connectivity index (χ1) is 13.5. The number of hydrogen-bond donors (Lipinski definition) is 0. The lowest BCUT2D eigenvalue weighted by molar-refractivity contribution is -0.123. The van der Waals surface area contributed by atoms with Gasteiger partial charge in [-0.05, 0) is 55.2 Å². The molecule has 2 aliphatic rings. The standard InChI is InChI=1S/C21H24N2O4S/c1-27-18-8-10-19(11-9-18)28(25,26)22-13-4-6-17(15-22)21(24)23-14-12-16-5-2-3-7-20(16)23/h2-3,5,7-11,17H,4,6,12-15H2,1H3/t17-/m0/s1. The number of hydrogen-bond acceptors (Lipinski definition) is 4. The van der Waals surface area contributed by atoms with Crippen LogP contribution in [0.4, 0.5) is 5.69 Å². The molecule has 28 heavy (non-hydrogen) atoms. The SMILES string of the molecule is COc1ccc(S(=O)(=O)N2CCC[C@H](C(=O)N3CCc4ccccc43)C2)cc1. The second kappa shape index (κ2) is 7.56. The molecule has 1 atom stereocenters. The molecule has 0 unspecified atom stereocenters. The number of benzene rings is 2. The van der Waals surface area contributed by atoms with Crippen molar-refractivity contribution in [2.24, 2.45) is 5.92 Å². The Labute approximate surface area is 165 Å². The minimum absolute atomic E-state index is 0.0274. The van der Waals surface area contributed by atoms with Gasteiger partial charge in [0, 0.05) is 25.3 Å². The van der Waals surface area contributed by atoms with Crippen LogP contribution in [-0.4, -0.2) is 45.4 Å². The number of methoxy groups -OCH3 is 1. The summed E-state index contributed by atoms with van der Waals surface area (Å²) < 4.78 is 32.6. The maximum Gasteiger partial charge on any atom is 0.243 e. The Morgan fingerprint density at radius 3 is 2.57 bits per heavy atom. The highest BCUT2D eigenvalue weighted by atomic mass is 32.2. The lowest BCUT2D eigenvalue weighted by Crippen LogP contribution is -2.46. The molecule has 1 fully saturated rings. The van der Waals surface area contributed by atoms with E-state index in [9.17, 15) is 13.2 Å². The van der Waals surface area contributed by atoms with Crippen molar-refractivity contribution in [2.45, 2.75) is 24.2 Å². The highest BCUT2D eigenvalue weighted by molar-refractivity contribution is 7.89. The van der Waals surface area contributed by atoms with Gasteiger partial charge in [0.15, 0.2) is 0 Å². The van der Waals surface area contributed by atoms with Gasteiger partial charge in [-0.15, -0.1) is 0 Å². The fraction of sp³-hybridized carbons (Fsp3) is 0.381. The smallest absolute Gasteiger partial charge is 0.243 e. The predicted molar refractivity (Wildman–Crippen MR) is 107 cm³/mol. The number of anilines is 1. The number of fused-ring (bicyclic) bond motifs is 1. The van der Waals surface area contributed by atoms with Crippen molar-refractivity contribution >= 4 is 21.6 Å². The number of piperidine rings is 1. The molecule has 1 saturated heterocycles. The molecule has 1 amide bonds. The van der Waals surface area contributed by atoms with Gasteiger partial charge in [-0.2, -0.15) is 4.31 Å². The summed E-state index contributed by atoms with van der Waals surface area (Å²) in [6, 6.07) is 14.3. The van der Waals surface area contributed by atoms with E-state index in [-0.39, 0.29) is 23.3 Å². The Morgan fingerprint density at radius 1 is 1.07 bits per heavy atom. The summed E-state index contributed by atoms with van der Waals surface area (Å²) in [7, 11) is -2.09. The fourth-order valence-electron chi connectivity index (χ4n) is 4.05. The van der Waals surface area contributed by atoms with E-state index in [0.29, 0.717) is 31.7 Å². The van der Waals surface area contributed by atoms with Crippen molar-refractivity contribution in [3.8, 4) is 5.75 Å². The summed E-state index contributed by atoms with van der Waals surface area (Å²) in [6.45, 7) is 1.33. The first kappa shape index (κ1) is 19.0. The van der Waals surface area contributed by atoms with Gasteiger partial charge < -0.3 is 9.64 Å². The molecule has 6 nitrogen and oxygen atoms in total. The molecule has 0 saturated carbocycles. The van der Waals surface area contributed by atoms with Crippen molar-refractivity contribution in [3.63, 3.8) is 0 Å². The van der Waals surface area contributed by atoms with Crippen molar-refractivity contribution in [1.82, 2.24) is 4.31 Å². The third-order valence-electron chi connectivity index (χ3n) is 5.58. The van der Waals surface area contributed by atoms with E-state index >= 15 is 0 Å². The van der Waals surface area contributed by atoms with Gasteiger partial charge in [-0.1, -0.05) is 18.2 Å². The Kier molecular flexibility index (Phi) is 5.12. The molecule has 0 bridgehead atoms. The summed E-state index contributed by atoms with van der Waals surface area (Å²) in [4.78, 5) is 15.2. The average Bonchev–Trinajstić information content (AvgIpc) is 3.17. The summed E-state index contributed by atoms with van der Waals surface area (Å²) in [5.74, 6) is 0.325. The lowest BCUT2D eigenvalue weighted by atomic mass is 9.98. The number of amides is 1. The Hall–Kier alpha value is -2.38. The minimum Gasteiger partial charge on any atom is -0.497 e. The van der Waals surface area contributed by atoms with Gasteiger partial charge in [0.2, 0.25) is 15.9 Å². The van der Waals surface area contributed by atoms with Crippen LogP contribution in [0.25, 0.3) is 0 Å². The minimum atomic E-state index is -3.63. The second-order valence-corrected chi connectivity index (χ2v) is 9.18. The largest absolute Gasteiger partial charge is 0.497 e. The topological polar surface area (TPSA) is 66.9 Å². The third kappa shape index (κ3) is 3.40. The predicted octanol–water partition coefficient (Wildman–Crippen LogP) is 2.69. The number of para-hydroxylation sites is 1. The lowest BCUT2D eigenvalue weighted by Gasteiger charge is -2.33. The number of nitrogens with zero attached hydrogens (tertiary/aromatic N) is 2. The molecule has 7 heteroatoms. The van der Waals surface area contributed by atoms with E-state index in [1.165, 1.54) is 9.87 Å². The van der Waals surface area contributed by atoms with Crippen LogP contribution in [-0.2, 0) is 21.2 Å². The number of sulfonamides is 1. The van der Waals surface area contributed by atoms with Gasteiger partial charge in [-0.25, -0.2) is 8.42 Å². The highest BCUT2D eigenvalue weighted by Gasteiger charge is 2.36. The molecule has 2 aromatic carbocycles. The van der Waals surface area contributed by atoms with Crippen LogP contribution in [0.1, 0.15) is 18.4 Å². The maximum atomic E-state index is 13.1. The molecule has 4 rings (SSSR count). The zero-order valence-corrected chi connectivity index (χ0v) is 16.7. The fourth-order valence-corrected chi connectivity index (χ4v) is 5.57. The molecule has 2 heterocycles. The molecule has 2 aliphatic heterocycles. The van der Waals surface area contributed by atoms with Crippen LogP contribution >= 0.6 is 0 Å². The monoisotopic (exact) mass is 400 g/mol. The van der Waals surface area contributed by atoms with Crippen molar-refractivity contribution < 1.29 is 17.9 Å². The average molecular weight is 401 g/mol. The molecule has 0 aliphatic carbocycles. The van der Waals surface area contributed by atoms with Crippen LogP contribution in [0.2, 0.25) is 0 Å². The molecular formula is C21H24N2O4S. The van der Waals surface area contributed by atoms with E-state index in [1.807, 2.05) is 29.2 Å². The molecule has 0 radical (unpaired) electrons. The van der Waals surface area contributed by atoms with E-state index in [1.54, 1.807) is 31.4 Å². The highest BCUT2D eigenvalue weighted by Crippen LogP contribution is 2.32. The summed E-state index contributed by atoms with van der Waals surface area (Å²) in [6.07, 6.45) is 2.25. The van der Waals surface area contributed by atoms with Crippen molar-refractivity contribution in [2.75, 3.05) is 31.6 Å². The first-order valence-corrected chi connectivity index (χ1v) is 11.0. The van der Waals surface area contributed by atoms with Gasteiger partial charge in [0.05, 0.1) is 17.9 Å². The van der Waals surface area contributed by atoms with Gasteiger partial charge in [-0.3, -0.25) is 4.79 Å². The molecular weight excluding hydrogens is 376 g/mol. The zero-order chi connectivity index (χ0) is 19.7. The van der Waals surface area contributed by atoms with Crippen LogP contribution in [0.3, 0.4) is 0 Å². The van der Waals surface area contributed by atoms with Crippen LogP contribution in [0, 0.1) is 5.92 Å². The molecule has 0 N–H and O–H groups in total. The normalized spacial score (nSPS) is 20.0. The van der Waals surface area contributed by atoms with Gasteiger partial charge in [0.1, 0.15) is 5.75 Å². The van der Waals surface area contributed by atoms with E-state index in [0.717, 1.165) is 12.1 Å². The van der Waals surface area contributed by atoms with E-state index in [4.69, 9.17) is 4.74 Å². The van der Waals surface area contributed by atoms with E-state index in [2.05, 4.69) is 0 Å². The van der Waals surface area contributed by atoms with Crippen LogP contribution in [0.5, 0.6) is 5.75 Å². The molecule has 148 valence electrons. The summed E-state index contributed by atoms with van der Waals surface area (Å²) >= 11 is 0. The number of rotatable bonds is 4. The maximum absolute atomic E-state index is 13.1. The van der Waals surface area contributed by atoms with Gasteiger partial charge in [0.25, 0.3) is 0 Å². The van der Waals surface area contributed by atoms with Crippen molar-refractivity contribution in [1.29, 1.82) is 0 Å². The molecule has 0 spiro atoms. The Bertz CT molecular complexity index is 972. The second-order valence-electron chi connectivity index (χ2n) is 7.25. The third-order valence-corrected chi connectivity index (χ3v) is 7.46. The first-order valence-electron chi connectivity index (χ1n) is 9.54.